The largest absolute Gasteiger partial charge is 0.493 e. The van der Waals surface area contributed by atoms with Crippen LogP contribution >= 0.6 is 0 Å². The number of fused-ring (bicyclic) bond motifs is 1. The molecule has 3 N–H and O–H groups in total. The summed E-state index contributed by atoms with van der Waals surface area (Å²) in [7, 11) is 1.44. The van der Waals surface area contributed by atoms with Crippen molar-refractivity contribution in [2.45, 2.75) is 26.0 Å². The van der Waals surface area contributed by atoms with Gasteiger partial charge in [0.1, 0.15) is 18.5 Å². The first-order chi connectivity index (χ1) is 15.9. The first-order valence-electron chi connectivity index (χ1n) is 10.4. The number of carbonyl (C=O) groups excluding carboxylic acids is 2. The van der Waals surface area contributed by atoms with Gasteiger partial charge >= 0.3 is 0 Å². The fourth-order valence-corrected chi connectivity index (χ4v) is 2.97. The molecule has 1 aliphatic heterocycles. The van der Waals surface area contributed by atoms with E-state index in [0.29, 0.717) is 34.3 Å². The molecule has 0 aliphatic carbocycles. The number of aliphatic hydroxyl groups excluding tert-OH is 1. The molecule has 0 aromatic heterocycles. The Morgan fingerprint density at radius 3 is 2.61 bits per heavy atom. The first-order valence-corrected chi connectivity index (χ1v) is 10.4. The van der Waals surface area contributed by atoms with E-state index in [9.17, 15) is 14.7 Å². The SMILES string of the molecule is COc1cc(C(=O)NCC(O)COc2ccc3c(c2)OCO3)ccc1OCC(=O)NC(C)C. The summed E-state index contributed by atoms with van der Waals surface area (Å²) in [5.74, 6) is 1.73. The molecular weight excluding hydrogens is 432 g/mol. The van der Waals surface area contributed by atoms with E-state index in [1.807, 2.05) is 13.8 Å². The fourth-order valence-electron chi connectivity index (χ4n) is 2.97. The molecule has 1 atom stereocenters. The van der Waals surface area contributed by atoms with Crippen molar-refractivity contribution in [2.24, 2.45) is 0 Å². The third-order valence-electron chi connectivity index (χ3n) is 4.52. The molecule has 33 heavy (non-hydrogen) atoms. The minimum atomic E-state index is -0.927. The van der Waals surface area contributed by atoms with Gasteiger partial charge in [-0.2, -0.15) is 0 Å². The van der Waals surface area contributed by atoms with Crippen molar-refractivity contribution in [3.8, 4) is 28.7 Å². The lowest BCUT2D eigenvalue weighted by Crippen LogP contribution is -2.35. The van der Waals surface area contributed by atoms with Gasteiger partial charge in [0.25, 0.3) is 11.8 Å². The molecule has 1 aliphatic rings. The minimum absolute atomic E-state index is 0.00633. The maximum Gasteiger partial charge on any atom is 0.258 e. The molecule has 2 aromatic carbocycles. The summed E-state index contributed by atoms with van der Waals surface area (Å²) in [6, 6.07) is 9.71. The van der Waals surface area contributed by atoms with E-state index in [2.05, 4.69) is 10.6 Å². The van der Waals surface area contributed by atoms with Crippen LogP contribution < -0.4 is 34.3 Å². The van der Waals surface area contributed by atoms with E-state index in [4.69, 9.17) is 23.7 Å². The predicted octanol–water partition coefficient (Wildman–Crippen LogP) is 1.50. The lowest BCUT2D eigenvalue weighted by Gasteiger charge is -2.15. The molecule has 10 heteroatoms. The second kappa shape index (κ2) is 11.3. The molecule has 2 aromatic rings. The predicted molar refractivity (Wildman–Crippen MR) is 118 cm³/mol. The Kier molecular flexibility index (Phi) is 8.20. The van der Waals surface area contributed by atoms with Crippen molar-refractivity contribution in [3.63, 3.8) is 0 Å². The van der Waals surface area contributed by atoms with Crippen molar-refractivity contribution in [3.05, 3.63) is 42.0 Å². The maximum atomic E-state index is 12.5. The van der Waals surface area contributed by atoms with Crippen LogP contribution in [-0.2, 0) is 4.79 Å². The van der Waals surface area contributed by atoms with Crippen molar-refractivity contribution in [2.75, 3.05) is 33.7 Å². The molecule has 0 fully saturated rings. The molecule has 2 amide bonds. The quantitative estimate of drug-likeness (QED) is 0.461. The Morgan fingerprint density at radius 1 is 1.06 bits per heavy atom. The summed E-state index contributed by atoms with van der Waals surface area (Å²) in [5, 5.41) is 15.5. The fraction of sp³-hybridized carbons (Fsp3) is 0.391. The van der Waals surface area contributed by atoms with Crippen LogP contribution in [0.5, 0.6) is 28.7 Å². The average Bonchev–Trinajstić information content (AvgIpc) is 3.27. The highest BCUT2D eigenvalue weighted by Crippen LogP contribution is 2.35. The van der Waals surface area contributed by atoms with Gasteiger partial charge in [-0.15, -0.1) is 0 Å². The molecule has 3 rings (SSSR count). The number of benzene rings is 2. The van der Waals surface area contributed by atoms with Gasteiger partial charge < -0.3 is 39.4 Å². The molecule has 178 valence electrons. The highest BCUT2D eigenvalue weighted by atomic mass is 16.7. The molecule has 10 nitrogen and oxygen atoms in total. The smallest absolute Gasteiger partial charge is 0.258 e. The van der Waals surface area contributed by atoms with Gasteiger partial charge in [-0.05, 0) is 44.2 Å². The van der Waals surface area contributed by atoms with Crippen LogP contribution in [0.25, 0.3) is 0 Å². The summed E-state index contributed by atoms with van der Waals surface area (Å²) in [4.78, 5) is 24.2. The molecule has 0 saturated heterocycles. The van der Waals surface area contributed by atoms with Crippen molar-refractivity contribution >= 4 is 11.8 Å². The summed E-state index contributed by atoms with van der Waals surface area (Å²) >= 11 is 0. The number of nitrogens with one attached hydrogen (secondary N) is 2. The van der Waals surface area contributed by atoms with Gasteiger partial charge in [0.2, 0.25) is 6.79 Å². The van der Waals surface area contributed by atoms with Gasteiger partial charge in [-0.1, -0.05) is 0 Å². The van der Waals surface area contributed by atoms with E-state index < -0.39 is 12.0 Å². The summed E-state index contributed by atoms with van der Waals surface area (Å²) in [5.41, 5.74) is 0.315. The number of amides is 2. The standard InChI is InChI=1S/C23H28N2O8/c1-14(2)25-22(27)12-31-18-6-4-15(8-20(18)29-3)23(28)24-10-16(26)11-30-17-5-7-19-21(9-17)33-13-32-19/h4-9,14,16,26H,10-13H2,1-3H3,(H,24,28)(H,25,27). The molecule has 0 bridgehead atoms. The van der Waals surface area contributed by atoms with Gasteiger partial charge in [0.15, 0.2) is 29.6 Å². The van der Waals surface area contributed by atoms with E-state index in [-0.39, 0.29) is 38.5 Å². The Hall–Kier alpha value is -3.66. The zero-order valence-electron chi connectivity index (χ0n) is 18.8. The molecule has 0 saturated carbocycles. The number of carbonyl (C=O) groups is 2. The normalized spacial score (nSPS) is 12.8. The Labute approximate surface area is 191 Å². The van der Waals surface area contributed by atoms with Gasteiger partial charge in [0, 0.05) is 24.2 Å². The van der Waals surface area contributed by atoms with Crippen LogP contribution in [0, 0.1) is 0 Å². The van der Waals surface area contributed by atoms with Gasteiger partial charge in [0.05, 0.1) is 7.11 Å². The summed E-state index contributed by atoms with van der Waals surface area (Å²) in [6.07, 6.45) is -0.927. The van der Waals surface area contributed by atoms with Crippen molar-refractivity contribution < 1.29 is 38.4 Å². The van der Waals surface area contributed by atoms with E-state index in [1.54, 1.807) is 30.3 Å². The number of ether oxygens (including phenoxy) is 5. The monoisotopic (exact) mass is 460 g/mol. The third-order valence-corrected chi connectivity index (χ3v) is 4.52. The van der Waals surface area contributed by atoms with E-state index >= 15 is 0 Å². The zero-order valence-corrected chi connectivity index (χ0v) is 18.8. The summed E-state index contributed by atoms with van der Waals surface area (Å²) in [6.45, 7) is 3.67. The van der Waals surface area contributed by atoms with Crippen LogP contribution in [-0.4, -0.2) is 62.7 Å². The number of methoxy groups -OCH3 is 1. The first kappa shape index (κ1) is 24.0. The number of hydrogen-bond donors (Lipinski definition) is 3. The number of hydrogen-bond acceptors (Lipinski definition) is 8. The van der Waals surface area contributed by atoms with Crippen LogP contribution in [0.1, 0.15) is 24.2 Å². The Balaban J connectivity index is 1.47. The van der Waals surface area contributed by atoms with Crippen LogP contribution in [0.15, 0.2) is 36.4 Å². The van der Waals surface area contributed by atoms with Crippen molar-refractivity contribution in [1.82, 2.24) is 10.6 Å². The maximum absolute atomic E-state index is 12.5. The lowest BCUT2D eigenvalue weighted by atomic mass is 10.2. The Morgan fingerprint density at radius 2 is 1.85 bits per heavy atom. The van der Waals surface area contributed by atoms with Gasteiger partial charge in [-0.3, -0.25) is 9.59 Å². The highest BCUT2D eigenvalue weighted by Gasteiger charge is 2.16. The van der Waals surface area contributed by atoms with E-state index in [0.717, 1.165) is 0 Å². The lowest BCUT2D eigenvalue weighted by molar-refractivity contribution is -0.123. The van der Waals surface area contributed by atoms with Crippen molar-refractivity contribution in [1.29, 1.82) is 0 Å². The molecule has 1 heterocycles. The van der Waals surface area contributed by atoms with E-state index in [1.165, 1.54) is 13.2 Å². The molecule has 1 unspecified atom stereocenters. The topological polar surface area (TPSA) is 125 Å². The van der Waals surface area contributed by atoms with Crippen LogP contribution in [0.3, 0.4) is 0 Å². The second-order valence-electron chi connectivity index (χ2n) is 7.57. The average molecular weight is 460 g/mol. The summed E-state index contributed by atoms with van der Waals surface area (Å²) < 4.78 is 26.8. The number of rotatable bonds is 11. The number of aliphatic hydroxyl groups is 1. The highest BCUT2D eigenvalue weighted by molar-refractivity contribution is 5.94. The minimum Gasteiger partial charge on any atom is -0.493 e. The zero-order chi connectivity index (χ0) is 23.8. The second-order valence-corrected chi connectivity index (χ2v) is 7.57. The molecule has 0 spiro atoms. The Bertz CT molecular complexity index is 979. The third kappa shape index (κ3) is 6.91. The molecule has 0 radical (unpaired) electrons. The van der Waals surface area contributed by atoms with Gasteiger partial charge in [-0.25, -0.2) is 0 Å². The molecular formula is C23H28N2O8. The van der Waals surface area contributed by atoms with Crippen LogP contribution in [0.2, 0.25) is 0 Å². The van der Waals surface area contributed by atoms with Crippen LogP contribution in [0.4, 0.5) is 0 Å².